The number of nitrogens with zero attached hydrogens (tertiary/aromatic N) is 2. The first-order valence-electron chi connectivity index (χ1n) is 6.52. The standard InChI is InChI=1S/C14H17N3O3/c1-4-15-11-9-7-6-8(3)16-12(9)17(5-2)13(18)10(11)14(19)20/h6-7,15H,4-5H2,1-3H3,(H,19,20). The molecule has 0 aliphatic rings. The highest BCUT2D eigenvalue weighted by Gasteiger charge is 2.21. The third-order valence-corrected chi connectivity index (χ3v) is 3.13. The highest BCUT2D eigenvalue weighted by atomic mass is 16.4. The average Bonchev–Trinajstić information content (AvgIpc) is 2.38. The van der Waals surface area contributed by atoms with E-state index in [2.05, 4.69) is 10.3 Å². The zero-order valence-corrected chi connectivity index (χ0v) is 11.7. The summed E-state index contributed by atoms with van der Waals surface area (Å²) in [5, 5.41) is 13.0. The lowest BCUT2D eigenvalue weighted by molar-refractivity contribution is 0.0695. The molecule has 0 aromatic carbocycles. The van der Waals surface area contributed by atoms with Crippen molar-refractivity contribution >= 4 is 22.7 Å². The number of rotatable bonds is 4. The summed E-state index contributed by atoms with van der Waals surface area (Å²) in [6, 6.07) is 3.60. The van der Waals surface area contributed by atoms with Gasteiger partial charge in [-0.3, -0.25) is 9.36 Å². The summed E-state index contributed by atoms with van der Waals surface area (Å²) < 4.78 is 1.40. The molecule has 106 valence electrons. The molecule has 0 spiro atoms. The smallest absolute Gasteiger partial charge is 0.343 e. The second-order valence-electron chi connectivity index (χ2n) is 4.46. The van der Waals surface area contributed by atoms with Crippen molar-refractivity contribution in [3.8, 4) is 0 Å². The van der Waals surface area contributed by atoms with Crippen LogP contribution in [-0.2, 0) is 6.54 Å². The van der Waals surface area contributed by atoms with Gasteiger partial charge in [-0.1, -0.05) is 0 Å². The summed E-state index contributed by atoms with van der Waals surface area (Å²) in [5.74, 6) is -1.23. The van der Waals surface area contributed by atoms with Gasteiger partial charge in [0.05, 0.1) is 5.69 Å². The van der Waals surface area contributed by atoms with E-state index in [1.54, 1.807) is 19.1 Å². The van der Waals surface area contributed by atoms with Crippen LogP contribution in [0.5, 0.6) is 0 Å². The van der Waals surface area contributed by atoms with Crippen molar-refractivity contribution in [3.63, 3.8) is 0 Å². The van der Waals surface area contributed by atoms with Gasteiger partial charge in [-0.25, -0.2) is 9.78 Å². The Morgan fingerprint density at radius 1 is 1.40 bits per heavy atom. The number of aromatic nitrogens is 2. The Kier molecular flexibility index (Phi) is 3.74. The molecule has 0 amide bonds. The lowest BCUT2D eigenvalue weighted by Gasteiger charge is -2.15. The number of carboxylic acids is 1. The minimum absolute atomic E-state index is 0.230. The van der Waals surface area contributed by atoms with E-state index < -0.39 is 11.5 Å². The van der Waals surface area contributed by atoms with Gasteiger partial charge in [0, 0.05) is 24.2 Å². The number of aromatic carboxylic acids is 1. The van der Waals surface area contributed by atoms with Crippen LogP contribution in [0.2, 0.25) is 0 Å². The van der Waals surface area contributed by atoms with Crippen molar-refractivity contribution in [2.24, 2.45) is 0 Å². The Hall–Kier alpha value is -2.37. The lowest BCUT2D eigenvalue weighted by Crippen LogP contribution is -2.29. The molecule has 0 saturated carbocycles. The second kappa shape index (κ2) is 5.32. The fourth-order valence-electron chi connectivity index (χ4n) is 2.27. The molecule has 2 rings (SSSR count). The van der Waals surface area contributed by atoms with Gasteiger partial charge >= 0.3 is 5.97 Å². The van der Waals surface area contributed by atoms with Gasteiger partial charge in [0.25, 0.3) is 5.56 Å². The fourth-order valence-corrected chi connectivity index (χ4v) is 2.27. The van der Waals surface area contributed by atoms with E-state index in [0.29, 0.717) is 29.8 Å². The lowest BCUT2D eigenvalue weighted by atomic mass is 10.1. The molecule has 2 heterocycles. The maximum atomic E-state index is 12.4. The quantitative estimate of drug-likeness (QED) is 0.889. The van der Waals surface area contributed by atoms with E-state index in [0.717, 1.165) is 5.69 Å². The number of fused-ring (bicyclic) bond motifs is 1. The average molecular weight is 275 g/mol. The second-order valence-corrected chi connectivity index (χ2v) is 4.46. The van der Waals surface area contributed by atoms with Crippen LogP contribution in [0.15, 0.2) is 16.9 Å². The highest BCUT2D eigenvalue weighted by molar-refractivity contribution is 6.03. The van der Waals surface area contributed by atoms with E-state index in [1.165, 1.54) is 4.57 Å². The van der Waals surface area contributed by atoms with Crippen molar-refractivity contribution in [3.05, 3.63) is 33.7 Å². The Balaban J connectivity index is 3.01. The normalized spacial score (nSPS) is 10.8. The van der Waals surface area contributed by atoms with E-state index in [4.69, 9.17) is 0 Å². The molecule has 2 aromatic rings. The molecule has 20 heavy (non-hydrogen) atoms. The largest absolute Gasteiger partial charge is 0.477 e. The van der Waals surface area contributed by atoms with Gasteiger partial charge in [0.15, 0.2) is 0 Å². The SMILES string of the molecule is CCNc1c(C(=O)O)c(=O)n(CC)c2nc(C)ccc12. The monoisotopic (exact) mass is 275 g/mol. The maximum absolute atomic E-state index is 12.4. The minimum Gasteiger partial charge on any atom is -0.477 e. The van der Waals surface area contributed by atoms with E-state index in [9.17, 15) is 14.7 Å². The van der Waals surface area contributed by atoms with Gasteiger partial charge in [-0.2, -0.15) is 0 Å². The number of nitrogens with one attached hydrogen (secondary N) is 1. The van der Waals surface area contributed by atoms with Crippen molar-refractivity contribution in [1.29, 1.82) is 0 Å². The predicted octanol–water partition coefficient (Wildman–Crippen LogP) is 1.85. The number of hydrogen-bond acceptors (Lipinski definition) is 4. The molecule has 6 nitrogen and oxygen atoms in total. The van der Waals surface area contributed by atoms with Crippen LogP contribution in [-0.4, -0.2) is 27.2 Å². The van der Waals surface area contributed by atoms with Crippen LogP contribution < -0.4 is 10.9 Å². The summed E-state index contributed by atoms with van der Waals surface area (Å²) in [6.45, 7) is 6.38. The maximum Gasteiger partial charge on any atom is 0.343 e. The van der Waals surface area contributed by atoms with Crippen LogP contribution in [0.4, 0.5) is 5.69 Å². The zero-order valence-electron chi connectivity index (χ0n) is 11.7. The van der Waals surface area contributed by atoms with Gasteiger partial charge in [-0.05, 0) is 32.9 Å². The zero-order chi connectivity index (χ0) is 14.9. The molecule has 6 heteroatoms. The Morgan fingerprint density at radius 2 is 2.10 bits per heavy atom. The van der Waals surface area contributed by atoms with Crippen molar-refractivity contribution in [1.82, 2.24) is 9.55 Å². The van der Waals surface area contributed by atoms with Gasteiger partial charge in [0.2, 0.25) is 0 Å². The highest BCUT2D eigenvalue weighted by Crippen LogP contribution is 2.24. The Morgan fingerprint density at radius 3 is 2.65 bits per heavy atom. The first-order chi connectivity index (χ1) is 9.51. The Labute approximate surface area is 116 Å². The third-order valence-electron chi connectivity index (χ3n) is 3.13. The predicted molar refractivity (Wildman–Crippen MR) is 77.5 cm³/mol. The van der Waals surface area contributed by atoms with Crippen LogP contribution in [0.3, 0.4) is 0 Å². The van der Waals surface area contributed by atoms with Gasteiger partial charge in [0.1, 0.15) is 11.2 Å². The number of hydrogen-bond donors (Lipinski definition) is 2. The molecule has 0 aliphatic carbocycles. The molecule has 2 N–H and O–H groups in total. The first-order valence-corrected chi connectivity index (χ1v) is 6.52. The minimum atomic E-state index is -1.23. The molecule has 0 atom stereocenters. The number of aryl methyl sites for hydroxylation is 2. The first kappa shape index (κ1) is 14.0. The molecule has 0 radical (unpaired) electrons. The summed E-state index contributed by atoms with van der Waals surface area (Å²) >= 11 is 0. The number of pyridine rings is 2. The molecular weight excluding hydrogens is 258 g/mol. The van der Waals surface area contributed by atoms with Crippen LogP contribution in [0.1, 0.15) is 29.9 Å². The van der Waals surface area contributed by atoms with Gasteiger partial charge in [-0.15, -0.1) is 0 Å². The fraction of sp³-hybridized carbons (Fsp3) is 0.357. The van der Waals surface area contributed by atoms with Crippen LogP contribution in [0.25, 0.3) is 11.0 Å². The topological polar surface area (TPSA) is 84.2 Å². The molecule has 0 unspecified atom stereocenters. The van der Waals surface area contributed by atoms with E-state index >= 15 is 0 Å². The molecule has 0 fully saturated rings. The Bertz CT molecular complexity index is 735. The number of anilines is 1. The van der Waals surface area contributed by atoms with Crippen LogP contribution in [0, 0.1) is 6.92 Å². The molecule has 2 aromatic heterocycles. The molecule has 0 saturated heterocycles. The number of carbonyl (C=O) groups is 1. The third kappa shape index (κ3) is 2.13. The van der Waals surface area contributed by atoms with Crippen molar-refractivity contribution < 1.29 is 9.90 Å². The molecular formula is C14H17N3O3. The van der Waals surface area contributed by atoms with Crippen LogP contribution >= 0.6 is 0 Å². The molecule has 0 bridgehead atoms. The van der Waals surface area contributed by atoms with Crippen molar-refractivity contribution in [2.45, 2.75) is 27.3 Å². The molecule has 0 aliphatic heterocycles. The summed E-state index contributed by atoms with van der Waals surface area (Å²) in [5.41, 5.74) is 0.883. The van der Waals surface area contributed by atoms with E-state index in [1.807, 2.05) is 13.8 Å². The summed E-state index contributed by atoms with van der Waals surface area (Å²) in [6.07, 6.45) is 0. The van der Waals surface area contributed by atoms with Gasteiger partial charge < -0.3 is 10.4 Å². The number of carboxylic acid groups (broad SMARTS) is 1. The van der Waals surface area contributed by atoms with E-state index in [-0.39, 0.29) is 5.56 Å². The van der Waals surface area contributed by atoms with Crippen molar-refractivity contribution in [2.75, 3.05) is 11.9 Å². The summed E-state index contributed by atoms with van der Waals surface area (Å²) in [7, 11) is 0. The summed E-state index contributed by atoms with van der Waals surface area (Å²) in [4.78, 5) is 28.2.